The third-order valence-electron chi connectivity index (χ3n) is 3.04. The minimum atomic E-state index is -0.687. The van der Waals surface area contributed by atoms with Crippen molar-refractivity contribution >= 4 is 17.2 Å². The van der Waals surface area contributed by atoms with Crippen LogP contribution >= 0.6 is 0 Å². The lowest BCUT2D eigenvalue weighted by Gasteiger charge is -2.32. The van der Waals surface area contributed by atoms with E-state index < -0.39 is 9.85 Å². The highest BCUT2D eigenvalue weighted by atomic mass is 16.6. The summed E-state index contributed by atoms with van der Waals surface area (Å²) in [6, 6.07) is 0.959. The maximum absolute atomic E-state index is 11.0. The van der Waals surface area contributed by atoms with E-state index in [4.69, 9.17) is 0 Å². The fourth-order valence-corrected chi connectivity index (χ4v) is 1.93. The average Bonchev–Trinajstić information content (AvgIpc) is 2.49. The molecule has 9 heteroatoms. The van der Waals surface area contributed by atoms with Crippen LogP contribution < -0.4 is 4.90 Å². The van der Waals surface area contributed by atoms with E-state index in [1.807, 2.05) is 20.9 Å². The molecule has 0 saturated carbocycles. The molecule has 0 amide bonds. The number of piperazine rings is 1. The molecule has 1 saturated heterocycles. The fraction of sp³-hybridized carbons (Fsp3) is 0.583. The van der Waals surface area contributed by atoms with Crippen LogP contribution in [0.5, 0.6) is 0 Å². The van der Waals surface area contributed by atoms with E-state index in [9.17, 15) is 20.2 Å². The van der Waals surface area contributed by atoms with Crippen LogP contribution in [-0.4, -0.2) is 53.0 Å². The topological polar surface area (TPSA) is 106 Å². The molecule has 21 heavy (non-hydrogen) atoms. The van der Waals surface area contributed by atoms with Gasteiger partial charge >= 0.3 is 5.69 Å². The number of nitro groups is 2. The van der Waals surface area contributed by atoms with Crippen molar-refractivity contribution in [2.45, 2.75) is 13.8 Å². The maximum Gasteiger partial charge on any atom is 0.318 e. The number of aromatic nitrogens is 1. The normalized spacial score (nSPS) is 15.1. The molecule has 0 aliphatic carbocycles. The van der Waals surface area contributed by atoms with Gasteiger partial charge in [-0.25, -0.2) is 4.98 Å². The Hall–Kier alpha value is -2.29. The largest absolute Gasteiger partial charge is 0.348 e. The highest BCUT2D eigenvalue weighted by Gasteiger charge is 2.26. The summed E-state index contributed by atoms with van der Waals surface area (Å²) >= 11 is 0. The van der Waals surface area contributed by atoms with Crippen LogP contribution in [0.3, 0.4) is 0 Å². The molecule has 1 aliphatic rings. The van der Waals surface area contributed by atoms with Gasteiger partial charge in [0.25, 0.3) is 5.69 Å². The first-order valence-corrected chi connectivity index (χ1v) is 6.71. The standard InChI is InChI=1S/C10H13N5O4.C2H6/c1-12-2-4-13(5-3-12)10-9(15(18)19)6-8(7-11-10)14(16)17;1-2/h6-7H,2-5H2,1H3;1-2H3. The van der Waals surface area contributed by atoms with Gasteiger partial charge in [-0.15, -0.1) is 0 Å². The third-order valence-corrected chi connectivity index (χ3v) is 3.04. The smallest absolute Gasteiger partial charge is 0.318 e. The molecule has 1 aromatic rings. The number of anilines is 1. The van der Waals surface area contributed by atoms with E-state index in [1.165, 1.54) is 0 Å². The molecule has 2 heterocycles. The molecule has 1 aliphatic heterocycles. The molecule has 0 radical (unpaired) electrons. The Bertz CT molecular complexity index is 514. The van der Waals surface area contributed by atoms with Gasteiger partial charge in [-0.3, -0.25) is 20.2 Å². The minimum Gasteiger partial charge on any atom is -0.348 e. The van der Waals surface area contributed by atoms with Crippen LogP contribution in [0.1, 0.15) is 13.8 Å². The molecule has 1 fully saturated rings. The molecule has 0 N–H and O–H groups in total. The number of rotatable bonds is 3. The summed E-state index contributed by atoms with van der Waals surface area (Å²) in [6.07, 6.45) is 1.06. The van der Waals surface area contributed by atoms with Gasteiger partial charge in [-0.2, -0.15) is 0 Å². The van der Waals surface area contributed by atoms with Gasteiger partial charge < -0.3 is 9.80 Å². The molecular weight excluding hydrogens is 278 g/mol. The van der Waals surface area contributed by atoms with E-state index in [0.717, 1.165) is 25.4 Å². The summed E-state index contributed by atoms with van der Waals surface area (Å²) < 4.78 is 0. The van der Waals surface area contributed by atoms with Crippen molar-refractivity contribution in [2.24, 2.45) is 0 Å². The van der Waals surface area contributed by atoms with Crippen molar-refractivity contribution in [1.82, 2.24) is 9.88 Å². The van der Waals surface area contributed by atoms with Crippen molar-refractivity contribution in [3.8, 4) is 0 Å². The summed E-state index contributed by atoms with van der Waals surface area (Å²) in [7, 11) is 1.97. The summed E-state index contributed by atoms with van der Waals surface area (Å²) in [5.74, 6) is 0.198. The van der Waals surface area contributed by atoms with Crippen LogP contribution in [0.4, 0.5) is 17.2 Å². The second kappa shape index (κ2) is 7.48. The molecule has 9 nitrogen and oxygen atoms in total. The third kappa shape index (κ3) is 4.09. The number of likely N-dealkylation sites (N-methyl/N-ethyl adjacent to an activating group) is 1. The SMILES string of the molecule is CC.CN1CCN(c2ncc([N+](=O)[O-])cc2[N+](=O)[O-])CC1. The van der Waals surface area contributed by atoms with E-state index >= 15 is 0 Å². The van der Waals surface area contributed by atoms with Gasteiger partial charge in [0.2, 0.25) is 5.82 Å². The molecule has 116 valence electrons. The Balaban J connectivity index is 0.00000106. The molecule has 0 atom stereocenters. The van der Waals surface area contributed by atoms with E-state index in [-0.39, 0.29) is 17.2 Å². The number of hydrogen-bond donors (Lipinski definition) is 0. The van der Waals surface area contributed by atoms with Crippen molar-refractivity contribution < 1.29 is 9.85 Å². The van der Waals surface area contributed by atoms with Gasteiger partial charge in [-0.1, -0.05) is 13.8 Å². The zero-order valence-electron chi connectivity index (χ0n) is 12.4. The molecule has 0 bridgehead atoms. The Labute approximate surface area is 122 Å². The summed E-state index contributed by atoms with van der Waals surface area (Å²) in [5.41, 5.74) is -0.691. The number of hydrogen-bond acceptors (Lipinski definition) is 7. The van der Waals surface area contributed by atoms with Gasteiger partial charge in [0.1, 0.15) is 6.20 Å². The molecular formula is C12H19N5O4. The first kappa shape index (κ1) is 16.8. The molecule has 0 unspecified atom stereocenters. The highest BCUT2D eigenvalue weighted by molar-refractivity contribution is 5.61. The Morgan fingerprint density at radius 2 is 1.67 bits per heavy atom. The van der Waals surface area contributed by atoms with Crippen molar-refractivity contribution in [2.75, 3.05) is 38.1 Å². The van der Waals surface area contributed by atoms with Crippen molar-refractivity contribution in [3.05, 3.63) is 32.5 Å². The fourth-order valence-electron chi connectivity index (χ4n) is 1.93. The van der Waals surface area contributed by atoms with Crippen molar-refractivity contribution in [3.63, 3.8) is 0 Å². The first-order valence-electron chi connectivity index (χ1n) is 6.71. The average molecular weight is 297 g/mol. The number of pyridine rings is 1. The predicted molar refractivity (Wildman–Crippen MR) is 78.6 cm³/mol. The second-order valence-corrected chi connectivity index (χ2v) is 4.34. The van der Waals surface area contributed by atoms with Crippen LogP contribution in [-0.2, 0) is 0 Å². The lowest BCUT2D eigenvalue weighted by molar-refractivity contribution is -0.394. The molecule has 0 spiro atoms. The lowest BCUT2D eigenvalue weighted by atomic mass is 10.3. The van der Waals surface area contributed by atoms with Gasteiger partial charge in [0.15, 0.2) is 0 Å². The maximum atomic E-state index is 11.0. The zero-order valence-corrected chi connectivity index (χ0v) is 12.4. The summed E-state index contributed by atoms with van der Waals surface area (Å²) in [4.78, 5) is 28.1. The van der Waals surface area contributed by atoms with E-state index in [0.29, 0.717) is 13.1 Å². The monoisotopic (exact) mass is 297 g/mol. The summed E-state index contributed by atoms with van der Waals surface area (Å²) in [5, 5.41) is 21.6. The zero-order chi connectivity index (χ0) is 16.0. The number of nitrogens with zero attached hydrogens (tertiary/aromatic N) is 5. The van der Waals surface area contributed by atoms with Gasteiger partial charge in [0.05, 0.1) is 15.9 Å². The van der Waals surface area contributed by atoms with Crippen LogP contribution in [0, 0.1) is 20.2 Å². The van der Waals surface area contributed by atoms with Crippen molar-refractivity contribution in [1.29, 1.82) is 0 Å². The van der Waals surface area contributed by atoms with Gasteiger partial charge in [0, 0.05) is 26.2 Å². The van der Waals surface area contributed by atoms with Crippen LogP contribution in [0.25, 0.3) is 0 Å². The Morgan fingerprint density at radius 1 is 1.10 bits per heavy atom. The predicted octanol–water partition coefficient (Wildman–Crippen LogP) is 1.68. The lowest BCUT2D eigenvalue weighted by Crippen LogP contribution is -2.45. The van der Waals surface area contributed by atoms with E-state index in [2.05, 4.69) is 9.88 Å². The summed E-state index contributed by atoms with van der Waals surface area (Å²) in [6.45, 7) is 6.77. The Kier molecular flexibility index (Phi) is 5.97. The molecule has 0 aromatic carbocycles. The molecule has 1 aromatic heterocycles. The van der Waals surface area contributed by atoms with Crippen LogP contribution in [0.15, 0.2) is 12.3 Å². The highest BCUT2D eigenvalue weighted by Crippen LogP contribution is 2.29. The Morgan fingerprint density at radius 3 is 2.14 bits per heavy atom. The molecule has 2 rings (SSSR count). The second-order valence-electron chi connectivity index (χ2n) is 4.34. The van der Waals surface area contributed by atoms with Gasteiger partial charge in [-0.05, 0) is 7.05 Å². The quantitative estimate of drug-likeness (QED) is 0.617. The van der Waals surface area contributed by atoms with E-state index in [1.54, 1.807) is 4.90 Å². The minimum absolute atomic E-state index is 0.198. The van der Waals surface area contributed by atoms with Crippen LogP contribution in [0.2, 0.25) is 0 Å². The first-order chi connectivity index (χ1) is 9.99.